The van der Waals surface area contributed by atoms with Crippen molar-refractivity contribution in [3.8, 4) is 27.6 Å². The molecule has 0 saturated heterocycles. The highest BCUT2D eigenvalue weighted by Gasteiger charge is 2.29. The summed E-state index contributed by atoms with van der Waals surface area (Å²) in [6.45, 7) is 0. The van der Waals surface area contributed by atoms with Gasteiger partial charge in [-0.25, -0.2) is 9.97 Å². The lowest BCUT2D eigenvalue weighted by atomic mass is 9.70. The van der Waals surface area contributed by atoms with Gasteiger partial charge in [-0.15, -0.1) is 32.9 Å². The lowest BCUT2D eigenvalue weighted by Crippen LogP contribution is -2.23. The molecule has 7 nitrogen and oxygen atoms in total. The van der Waals surface area contributed by atoms with Crippen molar-refractivity contribution in [2.24, 2.45) is 22.1 Å². The summed E-state index contributed by atoms with van der Waals surface area (Å²) >= 11 is 2.80. The van der Waals surface area contributed by atoms with E-state index in [1.54, 1.807) is 6.20 Å². The second-order valence-electron chi connectivity index (χ2n) is 11.5. The van der Waals surface area contributed by atoms with Crippen molar-refractivity contribution in [3.63, 3.8) is 0 Å². The summed E-state index contributed by atoms with van der Waals surface area (Å²) in [6.07, 6.45) is 14.3. The molecule has 0 amide bonds. The number of benzene rings is 2. The summed E-state index contributed by atoms with van der Waals surface area (Å²) in [4.78, 5) is 22.5. The van der Waals surface area contributed by atoms with Crippen molar-refractivity contribution in [2.75, 3.05) is 0 Å². The molecule has 0 radical (unpaired) electrons. The van der Waals surface area contributed by atoms with Gasteiger partial charge >= 0.3 is 5.56 Å². The van der Waals surface area contributed by atoms with Gasteiger partial charge in [-0.05, 0) is 49.0 Å². The predicted molar refractivity (Wildman–Crippen MR) is 170 cm³/mol. The van der Waals surface area contributed by atoms with E-state index in [1.807, 2.05) is 41.1 Å². The van der Waals surface area contributed by atoms with Crippen molar-refractivity contribution in [3.05, 3.63) is 87.5 Å². The van der Waals surface area contributed by atoms with Crippen LogP contribution in [0.3, 0.4) is 0 Å². The minimum atomic E-state index is -0.297. The summed E-state index contributed by atoms with van der Waals surface area (Å²) in [5, 5.41) is 16.6. The van der Waals surface area contributed by atoms with Crippen LogP contribution in [0.5, 0.6) is 0 Å². The van der Waals surface area contributed by atoms with Crippen LogP contribution in [-0.4, -0.2) is 19.7 Å². The minimum Gasteiger partial charge on any atom is -0.286 e. The van der Waals surface area contributed by atoms with Crippen LogP contribution >= 0.6 is 22.7 Å². The summed E-state index contributed by atoms with van der Waals surface area (Å²) in [5.74, 6) is 2.59. The number of hydrogen-bond donors (Lipinski definition) is 1. The number of azo groups is 1. The summed E-state index contributed by atoms with van der Waals surface area (Å²) < 4.78 is 1.46. The van der Waals surface area contributed by atoms with E-state index < -0.39 is 0 Å². The number of nitrogens with one attached hydrogen (secondary N) is 1. The van der Waals surface area contributed by atoms with Crippen LogP contribution in [0.4, 0.5) is 10.8 Å². The monoisotopic (exact) mass is 594 g/mol. The maximum Gasteiger partial charge on any atom is 0.301 e. The molecule has 0 bridgehead atoms. The molecule has 2 fully saturated rings. The number of aromatic amines is 1. The van der Waals surface area contributed by atoms with Crippen LogP contribution in [0.2, 0.25) is 0 Å². The van der Waals surface area contributed by atoms with Crippen LogP contribution in [-0.2, 0) is 0 Å². The van der Waals surface area contributed by atoms with Crippen LogP contribution in [0.25, 0.3) is 27.6 Å². The molecule has 7 rings (SSSR count). The number of H-pyrrole nitrogens is 1. The molecule has 2 saturated carbocycles. The van der Waals surface area contributed by atoms with Crippen molar-refractivity contribution >= 4 is 33.5 Å². The Bertz CT molecular complexity index is 1690. The minimum absolute atomic E-state index is 0.232. The Morgan fingerprint density at radius 1 is 0.810 bits per heavy atom. The summed E-state index contributed by atoms with van der Waals surface area (Å²) in [7, 11) is 0. The molecule has 0 unspecified atom stereocenters. The molecule has 2 aromatic carbocycles. The fraction of sp³-hybridized carbons (Fsp3) is 0.364. The first-order valence-electron chi connectivity index (χ1n) is 15.0. The Kier molecular flexibility index (Phi) is 7.94. The molecule has 0 atom stereocenters. The van der Waals surface area contributed by atoms with Crippen molar-refractivity contribution < 1.29 is 0 Å². The number of hydrogen-bond acceptors (Lipinski definition) is 7. The van der Waals surface area contributed by atoms with Gasteiger partial charge in [0.15, 0.2) is 5.69 Å². The fourth-order valence-corrected chi connectivity index (χ4v) is 8.02. The first kappa shape index (κ1) is 27.2. The third-order valence-corrected chi connectivity index (χ3v) is 10.5. The van der Waals surface area contributed by atoms with E-state index in [-0.39, 0.29) is 11.2 Å². The van der Waals surface area contributed by atoms with Gasteiger partial charge in [0.2, 0.25) is 10.3 Å². The van der Waals surface area contributed by atoms with E-state index in [0.29, 0.717) is 21.9 Å². The highest BCUT2D eigenvalue weighted by atomic mass is 32.1. The predicted octanol–water partition coefficient (Wildman–Crippen LogP) is 9.68. The summed E-state index contributed by atoms with van der Waals surface area (Å²) in [5.41, 5.74) is 4.74. The average Bonchev–Trinajstić information content (AvgIpc) is 3.82. The molecule has 3 aromatic heterocycles. The highest BCUT2D eigenvalue weighted by molar-refractivity contribution is 7.13. The largest absolute Gasteiger partial charge is 0.301 e. The maximum atomic E-state index is 13.5. The Morgan fingerprint density at radius 3 is 2.31 bits per heavy atom. The van der Waals surface area contributed by atoms with Gasteiger partial charge in [0.1, 0.15) is 0 Å². The van der Waals surface area contributed by atoms with Crippen molar-refractivity contribution in [1.82, 2.24) is 19.7 Å². The first-order chi connectivity index (χ1) is 20.7. The third-order valence-electron chi connectivity index (χ3n) is 9.03. The Hall–Kier alpha value is -3.69. The second kappa shape index (κ2) is 12.3. The van der Waals surface area contributed by atoms with E-state index in [0.717, 1.165) is 28.7 Å². The third kappa shape index (κ3) is 5.68. The normalized spacial score (nSPS) is 19.9. The zero-order valence-electron chi connectivity index (χ0n) is 23.5. The highest BCUT2D eigenvalue weighted by Crippen LogP contribution is 2.43. The maximum absolute atomic E-state index is 13.5. The fourth-order valence-electron chi connectivity index (χ4n) is 6.78. The Balaban J connectivity index is 1.10. The molecule has 42 heavy (non-hydrogen) atoms. The lowest BCUT2D eigenvalue weighted by molar-refractivity contribution is 0.186. The Morgan fingerprint density at radius 2 is 1.57 bits per heavy atom. The van der Waals surface area contributed by atoms with Crippen LogP contribution in [0.15, 0.2) is 86.6 Å². The van der Waals surface area contributed by atoms with Gasteiger partial charge in [0.05, 0.1) is 11.4 Å². The van der Waals surface area contributed by atoms with Crippen molar-refractivity contribution in [1.29, 1.82) is 0 Å². The second-order valence-corrected chi connectivity index (χ2v) is 13.2. The molecule has 0 spiro atoms. The van der Waals surface area contributed by atoms with Crippen LogP contribution < -0.4 is 5.56 Å². The molecular formula is C33H34N6OS2. The van der Waals surface area contributed by atoms with Gasteiger partial charge in [-0.3, -0.25) is 9.89 Å². The molecule has 2 aliphatic rings. The molecule has 214 valence electrons. The first-order valence-corrected chi connectivity index (χ1v) is 16.8. The molecular weight excluding hydrogens is 561 g/mol. The molecule has 0 aliphatic heterocycles. The van der Waals surface area contributed by atoms with Crippen molar-refractivity contribution in [2.45, 2.75) is 63.7 Å². The zero-order chi connectivity index (χ0) is 28.3. The van der Waals surface area contributed by atoms with Crippen LogP contribution in [0, 0.1) is 11.8 Å². The molecule has 5 aromatic rings. The van der Waals surface area contributed by atoms with Gasteiger partial charge in [0, 0.05) is 28.1 Å². The smallest absolute Gasteiger partial charge is 0.286 e. The van der Waals surface area contributed by atoms with Gasteiger partial charge in [-0.1, -0.05) is 86.7 Å². The SMILES string of the molecule is O=c1c(N=Nc2nccs2)c(-c2ccccc2)[nH]n1-c1nc(-c2ccc(C3CCC(C4CCCCC4)CC3)cc2)cs1. The quantitative estimate of drug-likeness (QED) is 0.190. The Labute approximate surface area is 253 Å². The molecule has 9 heteroatoms. The zero-order valence-corrected chi connectivity index (χ0v) is 25.1. The number of thiazole rings is 2. The number of aromatic nitrogens is 4. The van der Waals surface area contributed by atoms with Crippen LogP contribution in [0.1, 0.15) is 69.3 Å². The van der Waals surface area contributed by atoms with E-state index in [9.17, 15) is 4.79 Å². The number of nitrogens with zero attached hydrogens (tertiary/aromatic N) is 5. The topological polar surface area (TPSA) is 88.3 Å². The molecule has 3 heterocycles. The molecule has 1 N–H and O–H groups in total. The average molecular weight is 595 g/mol. The lowest BCUT2D eigenvalue weighted by Gasteiger charge is -2.36. The van der Waals surface area contributed by atoms with E-state index in [1.165, 1.54) is 90.7 Å². The molecule has 2 aliphatic carbocycles. The van der Waals surface area contributed by atoms with Gasteiger partial charge < -0.3 is 0 Å². The van der Waals surface area contributed by atoms with E-state index >= 15 is 0 Å². The standard InChI is InChI=1S/C33H34N6OS2/c40-31-30(36-37-32-34-19-20-41-32)29(27-9-5-2-6-10-27)38-39(31)33-35-28(21-42-33)26-17-15-25(16-18-26)24-13-11-23(12-14-24)22-7-3-1-4-8-22/h2,5-6,9-10,15-24,38H,1,3-4,7-8,11-14H2. The number of rotatable bonds is 7. The van der Waals surface area contributed by atoms with Gasteiger partial charge in [0.25, 0.3) is 0 Å². The van der Waals surface area contributed by atoms with E-state index in [4.69, 9.17) is 4.98 Å². The van der Waals surface area contributed by atoms with E-state index in [2.05, 4.69) is 44.6 Å². The summed E-state index contributed by atoms with van der Waals surface area (Å²) in [6, 6.07) is 18.6. The van der Waals surface area contributed by atoms with Gasteiger partial charge in [-0.2, -0.15) is 4.68 Å².